The lowest BCUT2D eigenvalue weighted by molar-refractivity contribution is -0.0678. The maximum absolute atomic E-state index is 6.27. The first-order valence-corrected chi connectivity index (χ1v) is 7.63. The van der Waals surface area contributed by atoms with Gasteiger partial charge in [-0.25, -0.2) is 0 Å². The Bertz CT molecular complexity index is 424. The summed E-state index contributed by atoms with van der Waals surface area (Å²) in [5, 5.41) is 5.96. The third-order valence-electron chi connectivity index (χ3n) is 3.23. The van der Waals surface area contributed by atoms with Gasteiger partial charge in [0.2, 0.25) is 0 Å². The fraction of sp³-hybridized carbons (Fsp3) is 0.750. The van der Waals surface area contributed by atoms with Crippen molar-refractivity contribution in [2.45, 2.75) is 32.6 Å². The molecule has 2 heterocycles. The molecule has 0 saturated carbocycles. The molecule has 1 aromatic heterocycles. The molecule has 1 aliphatic heterocycles. The van der Waals surface area contributed by atoms with Gasteiger partial charge < -0.3 is 4.74 Å². The Morgan fingerprint density at radius 1 is 1.50 bits per heavy atom. The number of rotatable bonds is 3. The molecule has 6 heteroatoms. The van der Waals surface area contributed by atoms with E-state index in [0.29, 0.717) is 0 Å². The number of aryl methyl sites for hydroxylation is 2. The molecule has 0 aromatic carbocycles. The molecule has 0 aliphatic carbocycles. The van der Waals surface area contributed by atoms with E-state index < -0.39 is 0 Å². The highest BCUT2D eigenvalue weighted by atomic mass is 79.9. The fourth-order valence-corrected chi connectivity index (χ4v) is 3.02. The lowest BCUT2D eigenvalue weighted by Crippen LogP contribution is -2.46. The molecule has 2 unspecified atom stereocenters. The first kappa shape index (κ1) is 14.3. The predicted molar refractivity (Wildman–Crippen MR) is 76.4 cm³/mol. The van der Waals surface area contributed by atoms with Crippen molar-refractivity contribution in [2.75, 3.05) is 18.4 Å². The normalized spacial score (nSPS) is 25.6. The number of halogens is 2. The van der Waals surface area contributed by atoms with Crippen LogP contribution in [0.5, 0.6) is 0 Å². The third-order valence-corrected chi connectivity index (χ3v) is 4.42. The second kappa shape index (κ2) is 5.90. The van der Waals surface area contributed by atoms with Crippen molar-refractivity contribution < 1.29 is 4.74 Å². The van der Waals surface area contributed by atoms with E-state index in [1.54, 1.807) is 4.68 Å². The minimum atomic E-state index is 0.254. The summed E-state index contributed by atoms with van der Waals surface area (Å²) in [5.41, 5.74) is 2.14. The van der Waals surface area contributed by atoms with Gasteiger partial charge in [0.25, 0.3) is 0 Å². The van der Waals surface area contributed by atoms with Crippen LogP contribution in [-0.4, -0.2) is 45.3 Å². The van der Waals surface area contributed by atoms with Crippen LogP contribution in [0.3, 0.4) is 0 Å². The van der Waals surface area contributed by atoms with Crippen molar-refractivity contribution in [1.29, 1.82) is 0 Å². The van der Waals surface area contributed by atoms with E-state index in [1.165, 1.54) is 0 Å². The van der Waals surface area contributed by atoms with Crippen LogP contribution in [-0.2, 0) is 18.3 Å². The van der Waals surface area contributed by atoms with E-state index in [4.69, 9.17) is 16.3 Å². The topological polar surface area (TPSA) is 30.3 Å². The summed E-state index contributed by atoms with van der Waals surface area (Å²) in [6, 6.07) is 0. The SMILES string of the molecule is Cc1nn(C)c(Cl)c1CN1CC(C)OC(CBr)C1. The Kier molecular flexibility index (Phi) is 4.69. The summed E-state index contributed by atoms with van der Waals surface area (Å²) in [7, 11) is 1.88. The highest BCUT2D eigenvalue weighted by Gasteiger charge is 2.26. The Morgan fingerprint density at radius 2 is 2.22 bits per heavy atom. The lowest BCUT2D eigenvalue weighted by atomic mass is 10.2. The van der Waals surface area contributed by atoms with Gasteiger partial charge in [-0.1, -0.05) is 27.5 Å². The van der Waals surface area contributed by atoms with Crippen molar-refractivity contribution in [3.8, 4) is 0 Å². The van der Waals surface area contributed by atoms with Gasteiger partial charge in [-0.3, -0.25) is 9.58 Å². The first-order valence-electron chi connectivity index (χ1n) is 6.13. The summed E-state index contributed by atoms with van der Waals surface area (Å²) < 4.78 is 7.56. The molecule has 102 valence electrons. The van der Waals surface area contributed by atoms with E-state index in [2.05, 4.69) is 32.9 Å². The van der Waals surface area contributed by atoms with E-state index in [1.807, 2.05) is 14.0 Å². The Hall–Kier alpha value is -0.100. The Morgan fingerprint density at radius 3 is 2.78 bits per heavy atom. The van der Waals surface area contributed by atoms with Crippen LogP contribution in [0.4, 0.5) is 0 Å². The van der Waals surface area contributed by atoms with Crippen LogP contribution in [0.25, 0.3) is 0 Å². The zero-order chi connectivity index (χ0) is 13.3. The average Bonchev–Trinajstić information content (AvgIpc) is 2.55. The molecule has 1 aliphatic rings. The molecule has 0 spiro atoms. The monoisotopic (exact) mass is 335 g/mol. The summed E-state index contributed by atoms with van der Waals surface area (Å²) in [4.78, 5) is 2.38. The summed E-state index contributed by atoms with van der Waals surface area (Å²) in [6.07, 6.45) is 0.515. The molecule has 2 atom stereocenters. The van der Waals surface area contributed by atoms with Crippen molar-refractivity contribution in [3.05, 3.63) is 16.4 Å². The molecule has 1 saturated heterocycles. The maximum atomic E-state index is 6.27. The number of hydrogen-bond donors (Lipinski definition) is 0. The predicted octanol–water partition coefficient (Wildman–Crippen LogP) is 2.37. The quantitative estimate of drug-likeness (QED) is 0.794. The molecule has 0 radical (unpaired) electrons. The molecular weight excluding hydrogens is 318 g/mol. The van der Waals surface area contributed by atoms with Crippen LogP contribution < -0.4 is 0 Å². The van der Waals surface area contributed by atoms with Crippen molar-refractivity contribution in [3.63, 3.8) is 0 Å². The van der Waals surface area contributed by atoms with Gasteiger partial charge in [-0.15, -0.1) is 0 Å². The number of morpholine rings is 1. The first-order chi connectivity index (χ1) is 8.51. The smallest absolute Gasteiger partial charge is 0.131 e. The van der Waals surface area contributed by atoms with Crippen molar-refractivity contribution in [1.82, 2.24) is 14.7 Å². The van der Waals surface area contributed by atoms with E-state index in [0.717, 1.165) is 41.4 Å². The van der Waals surface area contributed by atoms with Crippen molar-refractivity contribution >= 4 is 27.5 Å². The number of alkyl halides is 1. The highest BCUT2D eigenvalue weighted by molar-refractivity contribution is 9.09. The van der Waals surface area contributed by atoms with Gasteiger partial charge in [0.05, 0.1) is 17.9 Å². The van der Waals surface area contributed by atoms with Gasteiger partial charge in [0.15, 0.2) is 0 Å². The van der Waals surface area contributed by atoms with Gasteiger partial charge in [0, 0.05) is 37.6 Å². The molecule has 0 N–H and O–H groups in total. The maximum Gasteiger partial charge on any atom is 0.131 e. The zero-order valence-electron chi connectivity index (χ0n) is 11.0. The standard InChI is InChI=1S/C12H19BrClN3O/c1-8-5-17(6-10(4-13)18-8)7-11-9(2)15-16(3)12(11)14/h8,10H,4-7H2,1-3H3. The van der Waals surface area contributed by atoms with Gasteiger partial charge in [0.1, 0.15) is 5.15 Å². The molecule has 0 bridgehead atoms. The Labute approximate surface area is 121 Å². The number of ether oxygens (including phenoxy) is 1. The van der Waals surface area contributed by atoms with Crippen LogP contribution in [0.1, 0.15) is 18.2 Å². The van der Waals surface area contributed by atoms with Crippen LogP contribution in [0, 0.1) is 6.92 Å². The van der Waals surface area contributed by atoms with E-state index in [9.17, 15) is 0 Å². The minimum absolute atomic E-state index is 0.254. The highest BCUT2D eigenvalue weighted by Crippen LogP contribution is 2.22. The molecule has 1 aromatic rings. The number of nitrogens with zero attached hydrogens (tertiary/aromatic N) is 3. The molecular formula is C12H19BrClN3O. The summed E-state index contributed by atoms with van der Waals surface area (Å²) in [5.74, 6) is 0. The average molecular weight is 337 g/mol. The van der Waals surface area contributed by atoms with Crippen LogP contribution >= 0.6 is 27.5 Å². The van der Waals surface area contributed by atoms with Gasteiger partial charge in [-0.05, 0) is 13.8 Å². The molecule has 4 nitrogen and oxygen atoms in total. The molecule has 18 heavy (non-hydrogen) atoms. The van der Waals surface area contributed by atoms with E-state index in [-0.39, 0.29) is 12.2 Å². The minimum Gasteiger partial charge on any atom is -0.372 e. The lowest BCUT2D eigenvalue weighted by Gasteiger charge is -2.36. The van der Waals surface area contributed by atoms with Crippen LogP contribution in [0.2, 0.25) is 5.15 Å². The second-order valence-electron chi connectivity index (χ2n) is 4.90. The zero-order valence-corrected chi connectivity index (χ0v) is 13.3. The summed E-state index contributed by atoms with van der Waals surface area (Å²) in [6.45, 7) is 6.83. The third kappa shape index (κ3) is 3.07. The van der Waals surface area contributed by atoms with Gasteiger partial charge in [-0.2, -0.15) is 5.10 Å². The molecule has 1 fully saturated rings. The number of aromatic nitrogens is 2. The summed E-state index contributed by atoms with van der Waals surface area (Å²) >= 11 is 9.76. The number of hydrogen-bond acceptors (Lipinski definition) is 3. The van der Waals surface area contributed by atoms with Crippen molar-refractivity contribution in [2.24, 2.45) is 7.05 Å². The molecule has 2 rings (SSSR count). The largest absolute Gasteiger partial charge is 0.372 e. The van der Waals surface area contributed by atoms with Crippen LogP contribution in [0.15, 0.2) is 0 Å². The van der Waals surface area contributed by atoms with E-state index >= 15 is 0 Å². The molecule has 0 amide bonds. The Balaban J connectivity index is 2.08. The fourth-order valence-electron chi connectivity index (χ4n) is 2.43. The second-order valence-corrected chi connectivity index (χ2v) is 5.90. The van der Waals surface area contributed by atoms with Gasteiger partial charge >= 0.3 is 0 Å².